The second-order valence-corrected chi connectivity index (χ2v) is 8.63. The summed E-state index contributed by atoms with van der Waals surface area (Å²) in [4.78, 5) is 38.8. The molecule has 0 radical (unpaired) electrons. The first-order valence-electron chi connectivity index (χ1n) is 10.2. The van der Waals surface area contributed by atoms with Gasteiger partial charge in [-0.25, -0.2) is 14.1 Å². The van der Waals surface area contributed by atoms with Crippen LogP contribution in [-0.2, 0) is 16.2 Å². The smallest absolute Gasteiger partial charge is 0.335 e. The lowest BCUT2D eigenvalue weighted by Crippen LogP contribution is -2.54. The number of ether oxygens (including phenoxy) is 2. The maximum atomic E-state index is 13.9. The van der Waals surface area contributed by atoms with E-state index in [0.29, 0.717) is 32.1 Å². The van der Waals surface area contributed by atoms with Gasteiger partial charge in [-0.2, -0.15) is 0 Å². The number of nitrogens with zero attached hydrogens (tertiary/aromatic N) is 1. The van der Waals surface area contributed by atoms with E-state index in [1.54, 1.807) is 30.3 Å². The molecular formula is C25H17BrClFN2O5. The Kier molecular flexibility index (Phi) is 7.18. The molecule has 0 bridgehead atoms. The van der Waals surface area contributed by atoms with Gasteiger partial charge in [-0.3, -0.25) is 14.9 Å². The fraction of sp³-hybridized carbons (Fsp3) is 0.0800. The number of amides is 4. The lowest BCUT2D eigenvalue weighted by Gasteiger charge is -2.26. The van der Waals surface area contributed by atoms with Crippen molar-refractivity contribution in [3.63, 3.8) is 0 Å². The molecule has 1 aliphatic heterocycles. The molecule has 1 saturated heterocycles. The number of urea groups is 1. The normalized spacial score (nSPS) is 14.8. The monoisotopic (exact) mass is 558 g/mol. The number of hydrogen-bond donors (Lipinski definition) is 1. The Bertz CT molecular complexity index is 1360. The lowest BCUT2D eigenvalue weighted by molar-refractivity contribution is -0.122. The number of nitrogens with one attached hydrogen (secondary N) is 1. The number of halogens is 3. The van der Waals surface area contributed by atoms with Crippen molar-refractivity contribution in [1.29, 1.82) is 0 Å². The van der Waals surface area contributed by atoms with Crippen LogP contribution in [0.25, 0.3) is 6.08 Å². The van der Waals surface area contributed by atoms with Gasteiger partial charge in [0, 0.05) is 15.1 Å². The Balaban J connectivity index is 1.65. The Morgan fingerprint density at radius 1 is 1.06 bits per heavy atom. The van der Waals surface area contributed by atoms with Gasteiger partial charge in [-0.1, -0.05) is 45.7 Å². The predicted molar refractivity (Wildman–Crippen MR) is 132 cm³/mol. The van der Waals surface area contributed by atoms with Crippen molar-refractivity contribution >= 4 is 57.1 Å². The van der Waals surface area contributed by atoms with Crippen LogP contribution >= 0.6 is 27.5 Å². The van der Waals surface area contributed by atoms with Gasteiger partial charge in [-0.15, -0.1) is 0 Å². The van der Waals surface area contributed by atoms with Crippen LogP contribution in [0, 0.1) is 5.82 Å². The first-order chi connectivity index (χ1) is 16.8. The van der Waals surface area contributed by atoms with Crippen LogP contribution < -0.4 is 19.7 Å². The van der Waals surface area contributed by atoms with E-state index >= 15 is 0 Å². The summed E-state index contributed by atoms with van der Waals surface area (Å²) in [6, 6.07) is 14.5. The summed E-state index contributed by atoms with van der Waals surface area (Å²) >= 11 is 9.30. The summed E-state index contributed by atoms with van der Waals surface area (Å²) in [5.74, 6) is -1.41. The molecule has 1 heterocycles. The number of carbonyl (C=O) groups excluding carboxylic acids is 3. The molecule has 4 amide bonds. The van der Waals surface area contributed by atoms with E-state index in [2.05, 4.69) is 21.2 Å². The van der Waals surface area contributed by atoms with Gasteiger partial charge in [0.2, 0.25) is 0 Å². The molecule has 0 aromatic heterocycles. The summed E-state index contributed by atoms with van der Waals surface area (Å²) in [7, 11) is 1.43. The zero-order valence-electron chi connectivity index (χ0n) is 18.2. The highest BCUT2D eigenvalue weighted by atomic mass is 79.9. The third kappa shape index (κ3) is 5.21. The second-order valence-electron chi connectivity index (χ2n) is 7.34. The van der Waals surface area contributed by atoms with Gasteiger partial charge in [0.1, 0.15) is 18.0 Å². The van der Waals surface area contributed by atoms with Crippen molar-refractivity contribution < 1.29 is 28.2 Å². The van der Waals surface area contributed by atoms with E-state index in [1.807, 2.05) is 0 Å². The van der Waals surface area contributed by atoms with Crippen LogP contribution in [0.5, 0.6) is 11.5 Å². The Hall–Kier alpha value is -3.69. The van der Waals surface area contributed by atoms with Crippen LogP contribution in [0.3, 0.4) is 0 Å². The Morgan fingerprint density at radius 3 is 2.46 bits per heavy atom. The highest BCUT2D eigenvalue weighted by Crippen LogP contribution is 2.36. The third-order valence-corrected chi connectivity index (χ3v) is 6.05. The summed E-state index contributed by atoms with van der Waals surface area (Å²) in [5, 5.41) is 2.60. The van der Waals surface area contributed by atoms with E-state index in [0.717, 1.165) is 4.90 Å². The highest BCUT2D eigenvalue weighted by Gasteiger charge is 2.37. The van der Waals surface area contributed by atoms with Gasteiger partial charge >= 0.3 is 6.03 Å². The highest BCUT2D eigenvalue weighted by molar-refractivity contribution is 9.10. The fourth-order valence-electron chi connectivity index (χ4n) is 3.34. The zero-order valence-corrected chi connectivity index (χ0v) is 20.5. The van der Waals surface area contributed by atoms with Gasteiger partial charge in [0.05, 0.1) is 12.8 Å². The van der Waals surface area contributed by atoms with E-state index in [-0.39, 0.29) is 17.9 Å². The quantitative estimate of drug-likeness (QED) is 0.319. The number of methoxy groups -OCH3 is 1. The van der Waals surface area contributed by atoms with Crippen molar-refractivity contribution in [3.8, 4) is 11.5 Å². The Labute approximate surface area is 213 Å². The molecule has 4 rings (SSSR count). The van der Waals surface area contributed by atoms with Gasteiger partial charge in [0.15, 0.2) is 11.5 Å². The maximum absolute atomic E-state index is 13.9. The Morgan fingerprint density at radius 2 is 1.77 bits per heavy atom. The number of carbonyl (C=O) groups is 3. The van der Waals surface area contributed by atoms with Crippen LogP contribution in [0.4, 0.5) is 14.9 Å². The van der Waals surface area contributed by atoms with Crippen molar-refractivity contribution in [2.45, 2.75) is 6.61 Å². The van der Waals surface area contributed by atoms with Crippen molar-refractivity contribution in [2.24, 2.45) is 0 Å². The predicted octanol–water partition coefficient (Wildman–Crippen LogP) is 5.50. The largest absolute Gasteiger partial charge is 0.493 e. The van der Waals surface area contributed by atoms with Crippen LogP contribution in [0.2, 0.25) is 5.02 Å². The molecular weight excluding hydrogens is 543 g/mol. The fourth-order valence-corrected chi connectivity index (χ4v) is 3.91. The lowest BCUT2D eigenvalue weighted by atomic mass is 10.1. The number of benzene rings is 3. The molecule has 35 heavy (non-hydrogen) atoms. The topological polar surface area (TPSA) is 84.9 Å². The van der Waals surface area contributed by atoms with E-state index in [1.165, 1.54) is 43.5 Å². The van der Waals surface area contributed by atoms with Gasteiger partial charge in [0.25, 0.3) is 11.8 Å². The number of rotatable bonds is 6. The SMILES string of the molecule is COc1cc(/C=C2\C(=O)NC(=O)N(c3ccc(Cl)cc3)C2=O)c(Br)cc1OCc1ccccc1F. The average Bonchev–Trinajstić information content (AvgIpc) is 2.83. The molecule has 7 nitrogen and oxygen atoms in total. The first kappa shape index (κ1) is 24.4. The molecule has 0 spiro atoms. The average molecular weight is 560 g/mol. The summed E-state index contributed by atoms with van der Waals surface area (Å²) in [6.07, 6.45) is 1.33. The van der Waals surface area contributed by atoms with Crippen LogP contribution in [0.1, 0.15) is 11.1 Å². The standard InChI is InChI=1S/C25H17BrClFN2O5/c1-34-21-11-15(19(26)12-22(21)35-13-14-4-2-3-5-20(14)28)10-18-23(31)29-25(33)30(24(18)32)17-8-6-16(27)7-9-17/h2-12H,13H2,1H3,(H,29,31,33)/b18-10+. The van der Waals surface area contributed by atoms with Gasteiger partial charge in [-0.05, 0) is 54.1 Å². The molecule has 0 aliphatic carbocycles. The minimum absolute atomic E-state index is 0.0328. The van der Waals surface area contributed by atoms with Gasteiger partial charge < -0.3 is 9.47 Å². The van der Waals surface area contributed by atoms with E-state index in [4.69, 9.17) is 21.1 Å². The number of hydrogen-bond acceptors (Lipinski definition) is 5. The molecule has 1 aliphatic rings. The molecule has 3 aromatic rings. The molecule has 1 fully saturated rings. The zero-order chi connectivity index (χ0) is 25.1. The first-order valence-corrected chi connectivity index (χ1v) is 11.4. The number of imide groups is 2. The minimum Gasteiger partial charge on any atom is -0.493 e. The van der Waals surface area contributed by atoms with Crippen LogP contribution in [0.15, 0.2) is 70.7 Å². The van der Waals surface area contributed by atoms with Crippen molar-refractivity contribution in [3.05, 3.63) is 92.7 Å². The van der Waals surface area contributed by atoms with Crippen molar-refractivity contribution in [2.75, 3.05) is 12.0 Å². The molecule has 178 valence electrons. The summed E-state index contributed by atoms with van der Waals surface area (Å²) < 4.78 is 25.5. The number of barbiturate groups is 1. The third-order valence-electron chi connectivity index (χ3n) is 5.11. The molecule has 10 heteroatoms. The maximum Gasteiger partial charge on any atom is 0.335 e. The molecule has 0 atom stereocenters. The van der Waals surface area contributed by atoms with E-state index in [9.17, 15) is 18.8 Å². The summed E-state index contributed by atoms with van der Waals surface area (Å²) in [6.45, 7) is -0.0328. The minimum atomic E-state index is -0.868. The van der Waals surface area contributed by atoms with E-state index < -0.39 is 23.7 Å². The second kappa shape index (κ2) is 10.3. The molecule has 3 aromatic carbocycles. The molecule has 0 saturated carbocycles. The molecule has 1 N–H and O–H groups in total. The van der Waals surface area contributed by atoms with Crippen molar-refractivity contribution in [1.82, 2.24) is 5.32 Å². The molecule has 0 unspecified atom stereocenters. The number of anilines is 1. The summed E-state index contributed by atoms with van der Waals surface area (Å²) in [5.41, 5.74) is 0.781. The van der Waals surface area contributed by atoms with Crippen LogP contribution in [-0.4, -0.2) is 25.0 Å².